The number of rotatable bonds is 4. The molecule has 0 amide bonds. The van der Waals surface area contributed by atoms with Crippen molar-refractivity contribution in [2.75, 3.05) is 12.4 Å². The lowest BCUT2D eigenvalue weighted by Crippen LogP contribution is -2.31. The first-order valence-electron chi connectivity index (χ1n) is 7.94. The van der Waals surface area contributed by atoms with Gasteiger partial charge < -0.3 is 10.1 Å². The number of anilines is 1. The summed E-state index contributed by atoms with van der Waals surface area (Å²) in [6, 6.07) is 6.92. The van der Waals surface area contributed by atoms with Crippen LogP contribution in [0.3, 0.4) is 0 Å². The summed E-state index contributed by atoms with van der Waals surface area (Å²) in [5.41, 5.74) is 2.88. The minimum absolute atomic E-state index is 0.446. The van der Waals surface area contributed by atoms with Gasteiger partial charge in [-0.1, -0.05) is 42.8 Å². The Bertz CT molecular complexity index is 459. The van der Waals surface area contributed by atoms with Crippen molar-refractivity contribution in [1.82, 2.24) is 0 Å². The number of ether oxygens (including phenoxy) is 1. The van der Waals surface area contributed by atoms with E-state index in [1.165, 1.54) is 36.9 Å². The summed E-state index contributed by atoms with van der Waals surface area (Å²) in [4.78, 5) is 0. The van der Waals surface area contributed by atoms with Crippen molar-refractivity contribution in [2.24, 2.45) is 11.3 Å². The van der Waals surface area contributed by atoms with Crippen LogP contribution in [0.2, 0.25) is 0 Å². The largest absolute Gasteiger partial charge is 0.382 e. The van der Waals surface area contributed by atoms with Gasteiger partial charge in [-0.3, -0.25) is 0 Å². The van der Waals surface area contributed by atoms with Gasteiger partial charge in [-0.25, -0.2) is 0 Å². The molecule has 0 bridgehead atoms. The number of benzene rings is 1. The SMILES string of the molecule is COCc1c(Br)cccc1NC1CCC(C(C)(C)C)CC1. The first-order chi connectivity index (χ1) is 9.91. The molecule has 0 aromatic heterocycles. The molecule has 0 unspecified atom stereocenters. The average molecular weight is 354 g/mol. The third-order valence-corrected chi connectivity index (χ3v) is 5.46. The zero-order chi connectivity index (χ0) is 15.5. The van der Waals surface area contributed by atoms with Crippen molar-refractivity contribution in [3.63, 3.8) is 0 Å². The summed E-state index contributed by atoms with van der Waals surface area (Å²) in [6.07, 6.45) is 5.19. The Morgan fingerprint density at radius 2 is 1.86 bits per heavy atom. The molecule has 2 rings (SSSR count). The summed E-state index contributed by atoms with van der Waals surface area (Å²) < 4.78 is 6.45. The number of nitrogens with one attached hydrogen (secondary N) is 1. The molecule has 0 radical (unpaired) electrons. The molecule has 1 aromatic rings. The first-order valence-corrected chi connectivity index (χ1v) is 8.74. The summed E-state index contributed by atoms with van der Waals surface area (Å²) in [5.74, 6) is 0.858. The molecule has 1 aliphatic carbocycles. The molecular formula is C18H28BrNO. The van der Waals surface area contributed by atoms with Crippen LogP contribution in [0.4, 0.5) is 5.69 Å². The zero-order valence-electron chi connectivity index (χ0n) is 13.7. The van der Waals surface area contributed by atoms with E-state index in [-0.39, 0.29) is 0 Å². The van der Waals surface area contributed by atoms with Crippen molar-refractivity contribution >= 4 is 21.6 Å². The highest BCUT2D eigenvalue weighted by Gasteiger charge is 2.29. The maximum Gasteiger partial charge on any atom is 0.0744 e. The van der Waals surface area contributed by atoms with Gasteiger partial charge in [0, 0.05) is 28.9 Å². The van der Waals surface area contributed by atoms with Crippen LogP contribution in [0.25, 0.3) is 0 Å². The van der Waals surface area contributed by atoms with Gasteiger partial charge >= 0.3 is 0 Å². The third-order valence-electron chi connectivity index (χ3n) is 4.72. The van der Waals surface area contributed by atoms with Crippen LogP contribution in [0.15, 0.2) is 22.7 Å². The van der Waals surface area contributed by atoms with Crippen molar-refractivity contribution in [2.45, 2.75) is 59.1 Å². The van der Waals surface area contributed by atoms with E-state index in [0.29, 0.717) is 18.1 Å². The van der Waals surface area contributed by atoms with E-state index in [2.05, 4.69) is 60.2 Å². The third kappa shape index (κ3) is 4.46. The van der Waals surface area contributed by atoms with Gasteiger partial charge in [0.25, 0.3) is 0 Å². The lowest BCUT2D eigenvalue weighted by Gasteiger charge is -2.37. The molecule has 1 aromatic carbocycles. The van der Waals surface area contributed by atoms with E-state index in [9.17, 15) is 0 Å². The molecule has 0 saturated heterocycles. The second-order valence-corrected chi connectivity index (χ2v) is 8.11. The Kier molecular flexibility index (Phi) is 5.73. The van der Waals surface area contributed by atoms with E-state index >= 15 is 0 Å². The molecule has 118 valence electrons. The second-order valence-electron chi connectivity index (χ2n) is 7.26. The van der Waals surface area contributed by atoms with E-state index in [4.69, 9.17) is 4.74 Å². The van der Waals surface area contributed by atoms with Crippen molar-refractivity contribution in [3.8, 4) is 0 Å². The van der Waals surface area contributed by atoms with Gasteiger partial charge in [0.05, 0.1) is 6.61 Å². The molecule has 1 aliphatic rings. The topological polar surface area (TPSA) is 21.3 Å². The zero-order valence-corrected chi connectivity index (χ0v) is 15.3. The molecule has 1 N–H and O–H groups in total. The first kappa shape index (κ1) is 16.8. The Morgan fingerprint density at radius 3 is 2.43 bits per heavy atom. The fourth-order valence-corrected chi connectivity index (χ4v) is 3.79. The van der Waals surface area contributed by atoms with Gasteiger partial charge in [-0.2, -0.15) is 0 Å². The van der Waals surface area contributed by atoms with Crippen molar-refractivity contribution in [1.29, 1.82) is 0 Å². The van der Waals surface area contributed by atoms with E-state index < -0.39 is 0 Å². The summed E-state index contributed by atoms with van der Waals surface area (Å²) >= 11 is 3.63. The standard InChI is InChI=1S/C18H28BrNO/c1-18(2,3)13-8-10-14(11-9-13)20-17-7-5-6-16(19)15(17)12-21-4/h5-7,13-14,20H,8-12H2,1-4H3. The van der Waals surface area contributed by atoms with Gasteiger partial charge in [-0.05, 0) is 49.1 Å². The van der Waals surface area contributed by atoms with Crippen LogP contribution in [0.1, 0.15) is 52.0 Å². The molecule has 1 fully saturated rings. The lowest BCUT2D eigenvalue weighted by atomic mass is 9.71. The smallest absolute Gasteiger partial charge is 0.0744 e. The maximum absolute atomic E-state index is 5.33. The minimum Gasteiger partial charge on any atom is -0.382 e. The predicted molar refractivity (Wildman–Crippen MR) is 93.7 cm³/mol. The van der Waals surface area contributed by atoms with Gasteiger partial charge in [0.15, 0.2) is 0 Å². The Hall–Kier alpha value is -0.540. The van der Waals surface area contributed by atoms with Crippen LogP contribution < -0.4 is 5.32 Å². The number of methoxy groups -OCH3 is 1. The van der Waals surface area contributed by atoms with Crippen LogP contribution >= 0.6 is 15.9 Å². The van der Waals surface area contributed by atoms with Crippen LogP contribution in [-0.2, 0) is 11.3 Å². The molecule has 1 saturated carbocycles. The summed E-state index contributed by atoms with van der Waals surface area (Å²) in [6.45, 7) is 7.75. The van der Waals surface area contributed by atoms with Crippen LogP contribution in [-0.4, -0.2) is 13.2 Å². The molecule has 2 nitrogen and oxygen atoms in total. The summed E-state index contributed by atoms with van der Waals surface area (Å²) in [5, 5.41) is 3.74. The predicted octanol–water partition coefficient (Wildman–Crippen LogP) is 5.61. The van der Waals surface area contributed by atoms with Crippen molar-refractivity contribution < 1.29 is 4.74 Å². The highest BCUT2D eigenvalue weighted by Crippen LogP contribution is 2.39. The molecule has 0 aliphatic heterocycles. The average Bonchev–Trinajstić information content (AvgIpc) is 2.42. The molecule has 0 heterocycles. The fraction of sp³-hybridized carbons (Fsp3) is 0.667. The van der Waals surface area contributed by atoms with Crippen molar-refractivity contribution in [3.05, 3.63) is 28.2 Å². The van der Waals surface area contributed by atoms with Crippen LogP contribution in [0.5, 0.6) is 0 Å². The second kappa shape index (κ2) is 7.15. The Labute approximate surface area is 137 Å². The molecule has 0 spiro atoms. The lowest BCUT2D eigenvalue weighted by molar-refractivity contribution is 0.173. The van der Waals surface area contributed by atoms with Crippen LogP contribution in [0, 0.1) is 11.3 Å². The van der Waals surface area contributed by atoms with Gasteiger partial charge in [-0.15, -0.1) is 0 Å². The molecule has 0 atom stereocenters. The molecule has 3 heteroatoms. The van der Waals surface area contributed by atoms with E-state index in [0.717, 1.165) is 10.4 Å². The minimum atomic E-state index is 0.446. The number of hydrogen-bond acceptors (Lipinski definition) is 2. The highest BCUT2D eigenvalue weighted by molar-refractivity contribution is 9.10. The molecule has 21 heavy (non-hydrogen) atoms. The Morgan fingerprint density at radius 1 is 1.19 bits per heavy atom. The van der Waals surface area contributed by atoms with E-state index in [1.807, 2.05) is 0 Å². The monoisotopic (exact) mass is 353 g/mol. The summed E-state index contributed by atoms with van der Waals surface area (Å²) in [7, 11) is 1.75. The quantitative estimate of drug-likeness (QED) is 0.759. The van der Waals surface area contributed by atoms with Gasteiger partial charge in [0.1, 0.15) is 0 Å². The highest BCUT2D eigenvalue weighted by atomic mass is 79.9. The van der Waals surface area contributed by atoms with E-state index in [1.54, 1.807) is 7.11 Å². The fourth-order valence-electron chi connectivity index (χ4n) is 3.31. The number of hydrogen-bond donors (Lipinski definition) is 1. The van der Waals surface area contributed by atoms with Gasteiger partial charge in [0.2, 0.25) is 0 Å². The molecular weight excluding hydrogens is 326 g/mol. The Balaban J connectivity index is 1.99. The maximum atomic E-state index is 5.33. The normalized spacial score (nSPS) is 23.1. The number of halogens is 1.